The van der Waals surface area contributed by atoms with Crippen molar-refractivity contribution in [3.05, 3.63) is 35.9 Å². The van der Waals surface area contributed by atoms with E-state index in [1.54, 1.807) is 0 Å². The van der Waals surface area contributed by atoms with Crippen molar-refractivity contribution < 1.29 is 14.6 Å². The van der Waals surface area contributed by atoms with E-state index in [0.29, 0.717) is 6.61 Å². The summed E-state index contributed by atoms with van der Waals surface area (Å²) in [4.78, 5) is 0. The van der Waals surface area contributed by atoms with Crippen LogP contribution in [0.1, 0.15) is 24.7 Å². The zero-order valence-corrected chi connectivity index (χ0v) is 9.13. The van der Waals surface area contributed by atoms with Crippen LogP contribution in [0.15, 0.2) is 30.3 Å². The van der Waals surface area contributed by atoms with Crippen LogP contribution in [0.5, 0.6) is 0 Å². The summed E-state index contributed by atoms with van der Waals surface area (Å²) in [5.74, 6) is 0. The SMILES string of the molecule is OCC12COC(c3ccccc3)OC(C1)C2. The molecule has 0 radical (unpaired) electrons. The summed E-state index contributed by atoms with van der Waals surface area (Å²) in [7, 11) is 0. The van der Waals surface area contributed by atoms with Crippen molar-refractivity contribution >= 4 is 0 Å². The highest BCUT2D eigenvalue weighted by Gasteiger charge is 2.48. The topological polar surface area (TPSA) is 38.7 Å². The fourth-order valence-corrected chi connectivity index (χ4v) is 2.55. The maximum absolute atomic E-state index is 9.33. The Morgan fingerprint density at radius 2 is 2.00 bits per heavy atom. The Bertz CT molecular complexity index is 357. The lowest BCUT2D eigenvalue weighted by Gasteiger charge is -2.42. The van der Waals surface area contributed by atoms with Gasteiger partial charge in [-0.15, -0.1) is 0 Å². The molecule has 1 aromatic rings. The molecule has 1 saturated carbocycles. The van der Waals surface area contributed by atoms with Crippen molar-refractivity contribution in [3.8, 4) is 0 Å². The first kappa shape index (κ1) is 10.3. The van der Waals surface area contributed by atoms with E-state index in [1.165, 1.54) is 0 Å². The molecular weight excluding hydrogens is 204 g/mol. The molecule has 3 aliphatic rings. The van der Waals surface area contributed by atoms with Gasteiger partial charge >= 0.3 is 0 Å². The van der Waals surface area contributed by atoms with Gasteiger partial charge in [-0.25, -0.2) is 0 Å². The quantitative estimate of drug-likeness (QED) is 0.827. The fraction of sp³-hybridized carbons (Fsp3) is 0.538. The summed E-state index contributed by atoms with van der Waals surface area (Å²) in [6.07, 6.45) is 1.83. The third kappa shape index (κ3) is 1.65. The van der Waals surface area contributed by atoms with Gasteiger partial charge in [0.2, 0.25) is 0 Å². The van der Waals surface area contributed by atoms with Crippen LogP contribution in [0.3, 0.4) is 0 Å². The van der Waals surface area contributed by atoms with Gasteiger partial charge in [0, 0.05) is 11.0 Å². The lowest BCUT2D eigenvalue weighted by molar-refractivity contribution is -0.153. The van der Waals surface area contributed by atoms with Crippen LogP contribution in [0.4, 0.5) is 0 Å². The summed E-state index contributed by atoms with van der Waals surface area (Å²) in [6.45, 7) is 0.800. The van der Waals surface area contributed by atoms with Crippen LogP contribution >= 0.6 is 0 Å². The summed E-state index contributed by atoms with van der Waals surface area (Å²) in [5.41, 5.74) is 1.02. The molecule has 1 N–H and O–H groups in total. The molecule has 2 saturated heterocycles. The first-order valence-electron chi connectivity index (χ1n) is 5.74. The largest absolute Gasteiger partial charge is 0.396 e. The molecule has 1 unspecified atom stereocenters. The Balaban J connectivity index is 1.76. The minimum atomic E-state index is -0.262. The first-order chi connectivity index (χ1) is 7.81. The highest BCUT2D eigenvalue weighted by Crippen LogP contribution is 2.48. The average Bonchev–Trinajstić information content (AvgIpc) is 2.59. The maximum atomic E-state index is 9.33. The Morgan fingerprint density at radius 3 is 2.69 bits per heavy atom. The monoisotopic (exact) mass is 220 g/mol. The van der Waals surface area contributed by atoms with Crippen LogP contribution in [0.25, 0.3) is 0 Å². The number of ether oxygens (including phenoxy) is 2. The number of aliphatic hydroxyl groups is 1. The van der Waals surface area contributed by atoms with Crippen LogP contribution in [-0.4, -0.2) is 24.4 Å². The number of fused-ring (bicyclic) bond motifs is 3. The second kappa shape index (κ2) is 3.84. The Kier molecular flexibility index (Phi) is 2.46. The molecule has 4 rings (SSSR count). The van der Waals surface area contributed by atoms with Crippen LogP contribution in [0.2, 0.25) is 0 Å². The molecule has 3 fully saturated rings. The van der Waals surface area contributed by atoms with E-state index < -0.39 is 0 Å². The van der Waals surface area contributed by atoms with Crippen molar-refractivity contribution in [3.63, 3.8) is 0 Å². The number of benzene rings is 1. The first-order valence-corrected chi connectivity index (χ1v) is 5.74. The normalized spacial score (nSPS) is 37.6. The highest BCUT2D eigenvalue weighted by molar-refractivity contribution is 5.16. The lowest BCUT2D eigenvalue weighted by atomic mass is 9.68. The molecule has 0 aromatic heterocycles. The predicted octanol–water partition coefficient (Wildman–Crippen LogP) is 1.87. The molecule has 3 heteroatoms. The second-order valence-corrected chi connectivity index (χ2v) is 4.88. The van der Waals surface area contributed by atoms with E-state index in [0.717, 1.165) is 18.4 Å². The third-order valence-corrected chi connectivity index (χ3v) is 3.59. The van der Waals surface area contributed by atoms with Crippen molar-refractivity contribution in [1.29, 1.82) is 0 Å². The Morgan fingerprint density at radius 1 is 1.25 bits per heavy atom. The second-order valence-electron chi connectivity index (χ2n) is 4.88. The Labute approximate surface area is 95.0 Å². The third-order valence-electron chi connectivity index (χ3n) is 3.59. The molecular formula is C13H16O3. The molecule has 2 aliphatic heterocycles. The summed E-state index contributed by atoms with van der Waals surface area (Å²) in [5, 5.41) is 9.33. The Hall–Kier alpha value is -0.900. The molecule has 2 bridgehead atoms. The molecule has 2 heterocycles. The van der Waals surface area contributed by atoms with E-state index in [4.69, 9.17) is 9.47 Å². The van der Waals surface area contributed by atoms with Gasteiger partial charge in [-0.3, -0.25) is 0 Å². The van der Waals surface area contributed by atoms with Gasteiger partial charge in [0.05, 0.1) is 19.3 Å². The zero-order chi connectivity index (χ0) is 11.0. The molecule has 0 spiro atoms. The number of hydrogen-bond donors (Lipinski definition) is 1. The maximum Gasteiger partial charge on any atom is 0.184 e. The number of aliphatic hydroxyl groups excluding tert-OH is 1. The van der Waals surface area contributed by atoms with Gasteiger partial charge in [-0.05, 0) is 12.8 Å². The zero-order valence-electron chi connectivity index (χ0n) is 9.13. The fourth-order valence-electron chi connectivity index (χ4n) is 2.55. The van der Waals surface area contributed by atoms with Gasteiger partial charge in [-0.2, -0.15) is 0 Å². The summed E-state index contributed by atoms with van der Waals surface area (Å²) < 4.78 is 11.6. The minimum absolute atomic E-state index is 0.0335. The molecule has 0 amide bonds. The van der Waals surface area contributed by atoms with Crippen molar-refractivity contribution in [2.45, 2.75) is 25.2 Å². The summed E-state index contributed by atoms with van der Waals surface area (Å²) >= 11 is 0. The van der Waals surface area contributed by atoms with Crippen LogP contribution in [-0.2, 0) is 9.47 Å². The smallest absolute Gasteiger partial charge is 0.184 e. The molecule has 16 heavy (non-hydrogen) atoms. The molecule has 1 aromatic carbocycles. The average molecular weight is 220 g/mol. The van der Waals surface area contributed by atoms with E-state index in [9.17, 15) is 5.11 Å². The molecule has 1 atom stereocenters. The minimum Gasteiger partial charge on any atom is -0.396 e. The summed E-state index contributed by atoms with van der Waals surface area (Å²) in [6, 6.07) is 9.98. The lowest BCUT2D eigenvalue weighted by Crippen LogP contribution is -2.45. The molecule has 86 valence electrons. The van der Waals surface area contributed by atoms with Crippen LogP contribution in [0, 0.1) is 5.41 Å². The van der Waals surface area contributed by atoms with Crippen molar-refractivity contribution in [2.75, 3.05) is 13.2 Å². The van der Waals surface area contributed by atoms with E-state index in [2.05, 4.69) is 0 Å². The molecule has 3 nitrogen and oxygen atoms in total. The number of rotatable bonds is 2. The van der Waals surface area contributed by atoms with Gasteiger partial charge in [0.25, 0.3) is 0 Å². The van der Waals surface area contributed by atoms with E-state index in [1.807, 2.05) is 30.3 Å². The van der Waals surface area contributed by atoms with Gasteiger partial charge in [0.1, 0.15) is 0 Å². The molecule has 1 aliphatic carbocycles. The standard InChI is InChI=1S/C13H16O3/c14-8-13-6-11(7-13)16-12(15-9-13)10-4-2-1-3-5-10/h1-5,11-12,14H,6-9H2. The van der Waals surface area contributed by atoms with Gasteiger partial charge in [-0.1, -0.05) is 30.3 Å². The predicted molar refractivity (Wildman–Crippen MR) is 58.8 cm³/mol. The van der Waals surface area contributed by atoms with E-state index in [-0.39, 0.29) is 24.4 Å². The van der Waals surface area contributed by atoms with Crippen molar-refractivity contribution in [2.24, 2.45) is 5.41 Å². The van der Waals surface area contributed by atoms with Crippen LogP contribution < -0.4 is 0 Å². The number of hydrogen-bond acceptors (Lipinski definition) is 3. The van der Waals surface area contributed by atoms with Gasteiger partial charge < -0.3 is 14.6 Å². The van der Waals surface area contributed by atoms with Crippen molar-refractivity contribution in [1.82, 2.24) is 0 Å². The highest BCUT2D eigenvalue weighted by atomic mass is 16.7. The van der Waals surface area contributed by atoms with E-state index >= 15 is 0 Å². The van der Waals surface area contributed by atoms with Gasteiger partial charge in [0.15, 0.2) is 6.29 Å².